The summed E-state index contributed by atoms with van der Waals surface area (Å²) in [6, 6.07) is 22.1. The van der Waals surface area contributed by atoms with Gasteiger partial charge in [-0.05, 0) is 54.8 Å². The number of benzene rings is 3. The van der Waals surface area contributed by atoms with Gasteiger partial charge >= 0.3 is 0 Å². The van der Waals surface area contributed by atoms with Crippen LogP contribution in [-0.2, 0) is 0 Å². The number of aromatic nitrogens is 4. The van der Waals surface area contributed by atoms with Crippen LogP contribution in [0.25, 0.3) is 39.4 Å². The smallest absolute Gasteiger partial charge is 0.279 e. The monoisotopic (exact) mass is 446 g/mol. The van der Waals surface area contributed by atoms with E-state index in [0.29, 0.717) is 33.0 Å². The van der Waals surface area contributed by atoms with Gasteiger partial charge < -0.3 is 4.52 Å². The molecule has 5 aromatic rings. The van der Waals surface area contributed by atoms with Gasteiger partial charge in [-0.1, -0.05) is 41.0 Å². The fourth-order valence-electron chi connectivity index (χ4n) is 3.30. The fourth-order valence-corrected chi connectivity index (χ4v) is 3.88. The molecule has 0 fully saturated rings. The second kappa shape index (κ2) is 8.02. The topological polar surface area (TPSA) is 73.8 Å². The molecule has 6 nitrogen and oxygen atoms in total. The van der Waals surface area contributed by atoms with Crippen molar-refractivity contribution in [2.24, 2.45) is 0 Å². The molecule has 0 saturated heterocycles. The maximum Gasteiger partial charge on any atom is 0.279 e. The van der Waals surface area contributed by atoms with Crippen LogP contribution in [0.15, 0.2) is 87.0 Å². The molecular weight excluding hydrogens is 432 g/mol. The molecule has 31 heavy (non-hydrogen) atoms. The van der Waals surface area contributed by atoms with Crippen molar-refractivity contribution in [2.45, 2.75) is 4.90 Å². The first-order valence-corrected chi connectivity index (χ1v) is 11.0. The second-order valence-electron chi connectivity index (χ2n) is 6.74. The van der Waals surface area contributed by atoms with Crippen molar-refractivity contribution in [3.05, 3.63) is 88.2 Å². The van der Waals surface area contributed by atoms with E-state index in [1.165, 1.54) is 4.68 Å². The molecule has 0 aliphatic rings. The lowest BCUT2D eigenvalue weighted by atomic mass is 10.1. The Morgan fingerprint density at radius 3 is 2.52 bits per heavy atom. The maximum absolute atomic E-state index is 13.2. The molecule has 0 atom stereocenters. The van der Waals surface area contributed by atoms with Crippen molar-refractivity contribution in [1.82, 2.24) is 19.9 Å². The van der Waals surface area contributed by atoms with Gasteiger partial charge in [0, 0.05) is 20.9 Å². The third kappa shape index (κ3) is 3.62. The highest BCUT2D eigenvalue weighted by Gasteiger charge is 2.19. The Bertz CT molecular complexity index is 1460. The molecule has 0 aliphatic carbocycles. The Balaban J connectivity index is 1.71. The van der Waals surface area contributed by atoms with Crippen molar-refractivity contribution in [3.63, 3.8) is 0 Å². The zero-order valence-electron chi connectivity index (χ0n) is 16.3. The predicted octanol–water partition coefficient (Wildman–Crippen LogP) is 5.48. The van der Waals surface area contributed by atoms with Crippen LogP contribution in [0.2, 0.25) is 5.02 Å². The van der Waals surface area contributed by atoms with Crippen molar-refractivity contribution in [2.75, 3.05) is 6.26 Å². The summed E-state index contributed by atoms with van der Waals surface area (Å²) in [5, 5.41) is 10.5. The summed E-state index contributed by atoms with van der Waals surface area (Å²) in [6.45, 7) is 0. The minimum Gasteiger partial charge on any atom is -0.332 e. The molecule has 3 aromatic carbocycles. The first kappa shape index (κ1) is 19.5. The normalized spacial score (nSPS) is 11.2. The van der Waals surface area contributed by atoms with Gasteiger partial charge in [-0.15, -0.1) is 11.8 Å². The second-order valence-corrected chi connectivity index (χ2v) is 8.06. The lowest BCUT2D eigenvalue weighted by Gasteiger charge is -2.10. The molecule has 0 unspecified atom stereocenters. The molecule has 0 N–H and O–H groups in total. The molecule has 5 rings (SSSR count). The minimum absolute atomic E-state index is 0.213. The lowest BCUT2D eigenvalue weighted by Crippen LogP contribution is -2.22. The Morgan fingerprint density at radius 1 is 0.968 bits per heavy atom. The fraction of sp³-hybridized carbons (Fsp3) is 0.0435. The number of hydrogen-bond acceptors (Lipinski definition) is 6. The third-order valence-corrected chi connectivity index (χ3v) is 5.81. The van der Waals surface area contributed by atoms with Gasteiger partial charge in [0.15, 0.2) is 5.69 Å². The SMILES string of the molecule is CSc1cccc(-n2nc(-c3nc(-c4ccc(Cl)cc4)no3)c3ccccc3c2=O)c1. The van der Waals surface area contributed by atoms with E-state index in [1.807, 2.05) is 60.9 Å². The summed E-state index contributed by atoms with van der Waals surface area (Å²) in [5.41, 5.74) is 1.67. The summed E-state index contributed by atoms with van der Waals surface area (Å²) < 4.78 is 6.92. The first-order chi connectivity index (χ1) is 15.1. The number of halogens is 1. The Morgan fingerprint density at radius 2 is 1.74 bits per heavy atom. The number of nitrogens with zero attached hydrogens (tertiary/aromatic N) is 4. The van der Waals surface area contributed by atoms with Crippen LogP contribution in [0, 0.1) is 0 Å². The van der Waals surface area contributed by atoms with Gasteiger partial charge in [-0.3, -0.25) is 4.79 Å². The zero-order chi connectivity index (χ0) is 21.4. The van der Waals surface area contributed by atoms with Gasteiger partial charge in [0.25, 0.3) is 11.4 Å². The molecule has 0 aliphatic heterocycles. The largest absolute Gasteiger partial charge is 0.332 e. The zero-order valence-corrected chi connectivity index (χ0v) is 17.9. The number of hydrogen-bond donors (Lipinski definition) is 0. The van der Waals surface area contributed by atoms with Crippen molar-refractivity contribution in [1.29, 1.82) is 0 Å². The lowest BCUT2D eigenvalue weighted by molar-refractivity contribution is 0.430. The molecule has 2 aromatic heterocycles. The molecular formula is C23H15ClN4O2S. The van der Waals surface area contributed by atoms with Crippen molar-refractivity contribution >= 4 is 34.1 Å². The molecule has 0 saturated carbocycles. The van der Waals surface area contributed by atoms with E-state index in [4.69, 9.17) is 16.1 Å². The van der Waals surface area contributed by atoms with Crippen LogP contribution in [0.3, 0.4) is 0 Å². The molecule has 0 amide bonds. The summed E-state index contributed by atoms with van der Waals surface area (Å²) in [7, 11) is 0. The van der Waals surface area contributed by atoms with Gasteiger partial charge in [0.05, 0.1) is 11.1 Å². The summed E-state index contributed by atoms with van der Waals surface area (Å²) in [4.78, 5) is 18.7. The highest BCUT2D eigenvalue weighted by atomic mass is 35.5. The van der Waals surface area contributed by atoms with E-state index in [-0.39, 0.29) is 11.4 Å². The van der Waals surface area contributed by atoms with E-state index in [2.05, 4.69) is 15.2 Å². The highest BCUT2D eigenvalue weighted by molar-refractivity contribution is 7.98. The van der Waals surface area contributed by atoms with E-state index in [1.54, 1.807) is 30.0 Å². The van der Waals surface area contributed by atoms with E-state index >= 15 is 0 Å². The van der Waals surface area contributed by atoms with Crippen LogP contribution in [0.5, 0.6) is 0 Å². The van der Waals surface area contributed by atoms with Crippen LogP contribution < -0.4 is 5.56 Å². The standard InChI is InChI=1S/C23H15ClN4O2S/c1-31-17-6-4-5-16(13-17)28-23(29)19-8-3-2-7-18(19)20(26-28)22-25-21(27-30-22)14-9-11-15(24)12-10-14/h2-13H,1H3. The van der Waals surface area contributed by atoms with Gasteiger partial charge in [0.1, 0.15) is 0 Å². The molecule has 8 heteroatoms. The van der Waals surface area contributed by atoms with E-state index < -0.39 is 0 Å². The van der Waals surface area contributed by atoms with Crippen LogP contribution in [0.4, 0.5) is 0 Å². The Hall–Kier alpha value is -3.42. The van der Waals surface area contributed by atoms with E-state index in [9.17, 15) is 4.79 Å². The maximum atomic E-state index is 13.2. The first-order valence-electron chi connectivity index (χ1n) is 9.40. The number of rotatable bonds is 4. The van der Waals surface area contributed by atoms with Crippen LogP contribution in [-0.4, -0.2) is 26.2 Å². The van der Waals surface area contributed by atoms with Gasteiger partial charge in [-0.2, -0.15) is 14.8 Å². The molecule has 0 spiro atoms. The quantitative estimate of drug-likeness (QED) is 0.340. The van der Waals surface area contributed by atoms with Crippen LogP contribution in [0.1, 0.15) is 0 Å². The molecule has 0 radical (unpaired) electrons. The van der Waals surface area contributed by atoms with Crippen molar-refractivity contribution in [3.8, 4) is 28.7 Å². The van der Waals surface area contributed by atoms with Crippen molar-refractivity contribution < 1.29 is 4.52 Å². The highest BCUT2D eigenvalue weighted by Crippen LogP contribution is 2.27. The molecule has 152 valence electrons. The number of fused-ring (bicyclic) bond motifs is 1. The Kier molecular flexibility index (Phi) is 5.05. The minimum atomic E-state index is -0.213. The summed E-state index contributed by atoms with van der Waals surface area (Å²) in [5.74, 6) is 0.649. The number of thioether (sulfide) groups is 1. The average molecular weight is 447 g/mol. The van der Waals surface area contributed by atoms with E-state index in [0.717, 1.165) is 10.5 Å². The predicted molar refractivity (Wildman–Crippen MR) is 123 cm³/mol. The van der Waals surface area contributed by atoms with Gasteiger partial charge in [-0.25, -0.2) is 0 Å². The summed E-state index contributed by atoms with van der Waals surface area (Å²) in [6.07, 6.45) is 1.98. The summed E-state index contributed by atoms with van der Waals surface area (Å²) >= 11 is 7.57. The molecule has 2 heterocycles. The third-order valence-electron chi connectivity index (χ3n) is 4.83. The Labute approximate surface area is 186 Å². The average Bonchev–Trinajstić information content (AvgIpc) is 3.30. The van der Waals surface area contributed by atoms with Crippen LogP contribution >= 0.6 is 23.4 Å². The van der Waals surface area contributed by atoms with Gasteiger partial charge in [0.2, 0.25) is 5.82 Å². The molecule has 0 bridgehead atoms.